The largest absolute Gasteiger partial charge is 0.497 e. The van der Waals surface area contributed by atoms with E-state index in [1.807, 2.05) is 37.3 Å². The number of aliphatic hydroxyl groups is 1. The number of aliphatic hydroxyl groups excluding tert-OH is 1. The average molecular weight is 343 g/mol. The maximum atomic E-state index is 12.4. The van der Waals surface area contributed by atoms with Crippen molar-refractivity contribution in [2.75, 3.05) is 20.8 Å². The Bertz CT molecular complexity index is 687. The highest BCUT2D eigenvalue weighted by atomic mass is 16.5. The van der Waals surface area contributed by atoms with Crippen molar-refractivity contribution in [1.82, 2.24) is 5.32 Å². The van der Waals surface area contributed by atoms with E-state index in [0.29, 0.717) is 30.0 Å². The van der Waals surface area contributed by atoms with Gasteiger partial charge in [-0.15, -0.1) is 0 Å². The fourth-order valence-electron chi connectivity index (χ4n) is 2.63. The summed E-state index contributed by atoms with van der Waals surface area (Å²) in [6.45, 7) is 2.37. The van der Waals surface area contributed by atoms with Crippen LogP contribution in [0.5, 0.6) is 11.5 Å². The van der Waals surface area contributed by atoms with Crippen molar-refractivity contribution < 1.29 is 19.4 Å². The van der Waals surface area contributed by atoms with Crippen LogP contribution in [0.4, 0.5) is 0 Å². The maximum absolute atomic E-state index is 12.4. The van der Waals surface area contributed by atoms with Crippen molar-refractivity contribution in [2.24, 2.45) is 0 Å². The van der Waals surface area contributed by atoms with Gasteiger partial charge in [0.05, 0.1) is 25.9 Å². The minimum atomic E-state index is -0.619. The molecule has 2 rings (SSSR count). The fraction of sp³-hybridized carbons (Fsp3) is 0.350. The molecule has 0 spiro atoms. The van der Waals surface area contributed by atoms with Crippen LogP contribution in [0.15, 0.2) is 48.5 Å². The van der Waals surface area contributed by atoms with Crippen LogP contribution in [0.1, 0.15) is 35.4 Å². The monoisotopic (exact) mass is 343 g/mol. The zero-order valence-electron chi connectivity index (χ0n) is 14.9. The standard InChI is InChI=1S/C20H25NO4/c1-14(20(23)15-7-5-4-6-8-15)21-12-11-18(22)17-10-9-16(24-2)13-19(17)25-3/h4-10,13-14,20-21,23H,11-12H2,1-3H3. The lowest BCUT2D eigenvalue weighted by molar-refractivity contribution is 0.0969. The van der Waals surface area contributed by atoms with Gasteiger partial charge in [0.25, 0.3) is 0 Å². The molecule has 2 aromatic rings. The molecule has 0 aliphatic heterocycles. The number of ether oxygens (including phenoxy) is 2. The summed E-state index contributed by atoms with van der Waals surface area (Å²) in [7, 11) is 3.10. The summed E-state index contributed by atoms with van der Waals surface area (Å²) in [5.41, 5.74) is 1.38. The SMILES string of the molecule is COc1ccc(C(=O)CCNC(C)C(O)c2ccccc2)c(OC)c1. The molecule has 0 radical (unpaired) electrons. The van der Waals surface area contributed by atoms with Crippen LogP contribution < -0.4 is 14.8 Å². The van der Waals surface area contributed by atoms with E-state index in [-0.39, 0.29) is 11.8 Å². The van der Waals surface area contributed by atoms with E-state index in [9.17, 15) is 9.90 Å². The van der Waals surface area contributed by atoms with Gasteiger partial charge in [0.2, 0.25) is 0 Å². The number of nitrogens with one attached hydrogen (secondary N) is 1. The van der Waals surface area contributed by atoms with Gasteiger partial charge >= 0.3 is 0 Å². The molecule has 2 atom stereocenters. The van der Waals surface area contributed by atoms with Crippen LogP contribution in [0.25, 0.3) is 0 Å². The Morgan fingerprint density at radius 1 is 1.12 bits per heavy atom. The lowest BCUT2D eigenvalue weighted by Crippen LogP contribution is -2.33. The summed E-state index contributed by atoms with van der Waals surface area (Å²) in [4.78, 5) is 12.4. The number of carbonyl (C=O) groups is 1. The summed E-state index contributed by atoms with van der Waals surface area (Å²) in [5, 5.41) is 13.5. The number of methoxy groups -OCH3 is 2. The van der Waals surface area contributed by atoms with E-state index in [4.69, 9.17) is 9.47 Å². The van der Waals surface area contributed by atoms with Crippen molar-refractivity contribution in [3.05, 3.63) is 59.7 Å². The van der Waals surface area contributed by atoms with Crippen LogP contribution in [-0.4, -0.2) is 37.7 Å². The molecule has 0 aliphatic rings. The molecule has 2 unspecified atom stereocenters. The molecule has 0 saturated heterocycles. The molecule has 5 heteroatoms. The zero-order valence-corrected chi connectivity index (χ0v) is 14.9. The number of rotatable bonds is 9. The third-order valence-corrected chi connectivity index (χ3v) is 4.14. The van der Waals surface area contributed by atoms with E-state index >= 15 is 0 Å². The van der Waals surface area contributed by atoms with Gasteiger partial charge in [-0.2, -0.15) is 0 Å². The van der Waals surface area contributed by atoms with Gasteiger partial charge in [-0.25, -0.2) is 0 Å². The van der Waals surface area contributed by atoms with Crippen molar-refractivity contribution in [3.8, 4) is 11.5 Å². The quantitative estimate of drug-likeness (QED) is 0.685. The summed E-state index contributed by atoms with van der Waals surface area (Å²) in [5.74, 6) is 1.13. The van der Waals surface area contributed by atoms with Crippen molar-refractivity contribution >= 4 is 5.78 Å². The summed E-state index contributed by atoms with van der Waals surface area (Å²) in [6, 6.07) is 14.5. The van der Waals surface area contributed by atoms with Crippen LogP contribution in [-0.2, 0) is 0 Å². The first-order valence-corrected chi connectivity index (χ1v) is 8.28. The van der Waals surface area contributed by atoms with Crippen LogP contribution >= 0.6 is 0 Å². The molecular formula is C20H25NO4. The Hall–Kier alpha value is -2.37. The lowest BCUT2D eigenvalue weighted by atomic mass is 10.0. The lowest BCUT2D eigenvalue weighted by Gasteiger charge is -2.20. The van der Waals surface area contributed by atoms with Crippen LogP contribution in [0.2, 0.25) is 0 Å². The number of ketones is 1. The first-order valence-electron chi connectivity index (χ1n) is 8.28. The molecule has 0 aliphatic carbocycles. The fourth-order valence-corrected chi connectivity index (χ4v) is 2.63. The highest BCUT2D eigenvalue weighted by Gasteiger charge is 2.17. The van der Waals surface area contributed by atoms with E-state index in [0.717, 1.165) is 5.56 Å². The number of hydrogen-bond acceptors (Lipinski definition) is 5. The third-order valence-electron chi connectivity index (χ3n) is 4.14. The number of hydrogen-bond donors (Lipinski definition) is 2. The van der Waals surface area contributed by atoms with E-state index in [2.05, 4.69) is 5.32 Å². The van der Waals surface area contributed by atoms with Gasteiger partial charge in [0.1, 0.15) is 11.5 Å². The molecule has 2 aromatic carbocycles. The van der Waals surface area contributed by atoms with Gasteiger partial charge in [-0.05, 0) is 24.6 Å². The van der Waals surface area contributed by atoms with E-state index in [1.165, 1.54) is 7.11 Å². The molecule has 2 N–H and O–H groups in total. The Morgan fingerprint density at radius 3 is 2.48 bits per heavy atom. The molecule has 0 heterocycles. The molecule has 0 saturated carbocycles. The van der Waals surface area contributed by atoms with Crippen molar-refractivity contribution in [3.63, 3.8) is 0 Å². The highest BCUT2D eigenvalue weighted by Crippen LogP contribution is 2.25. The summed E-state index contributed by atoms with van der Waals surface area (Å²) < 4.78 is 10.4. The predicted octanol–water partition coefficient (Wildman–Crippen LogP) is 2.99. The van der Waals surface area contributed by atoms with E-state index < -0.39 is 6.10 Å². The van der Waals surface area contributed by atoms with Crippen molar-refractivity contribution in [1.29, 1.82) is 0 Å². The maximum Gasteiger partial charge on any atom is 0.167 e. The third kappa shape index (κ3) is 5.05. The first kappa shape index (κ1) is 19.0. The molecule has 0 bridgehead atoms. The molecule has 0 amide bonds. The zero-order chi connectivity index (χ0) is 18.2. The number of carbonyl (C=O) groups excluding carboxylic acids is 1. The Morgan fingerprint density at radius 2 is 1.84 bits per heavy atom. The first-order chi connectivity index (χ1) is 12.1. The minimum absolute atomic E-state index is 0.0200. The van der Waals surface area contributed by atoms with Gasteiger partial charge in [0, 0.05) is 25.1 Å². The summed E-state index contributed by atoms with van der Waals surface area (Å²) in [6.07, 6.45) is -0.305. The highest BCUT2D eigenvalue weighted by molar-refractivity contribution is 5.99. The Kier molecular flexibility index (Phi) is 6.98. The Labute approximate surface area is 148 Å². The van der Waals surface area contributed by atoms with Crippen molar-refractivity contribution in [2.45, 2.75) is 25.5 Å². The van der Waals surface area contributed by atoms with Crippen LogP contribution in [0, 0.1) is 0 Å². The normalized spacial score (nSPS) is 13.1. The second-order valence-corrected chi connectivity index (χ2v) is 5.84. The van der Waals surface area contributed by atoms with Gasteiger partial charge in [0.15, 0.2) is 5.78 Å². The van der Waals surface area contributed by atoms with E-state index in [1.54, 1.807) is 25.3 Å². The molecule has 0 fully saturated rings. The van der Waals surface area contributed by atoms with Crippen LogP contribution in [0.3, 0.4) is 0 Å². The molecule has 0 aromatic heterocycles. The predicted molar refractivity (Wildman–Crippen MR) is 97.4 cm³/mol. The second kappa shape index (κ2) is 9.20. The molecule has 134 valence electrons. The Balaban J connectivity index is 1.90. The number of benzene rings is 2. The van der Waals surface area contributed by atoms with Gasteiger partial charge < -0.3 is 19.9 Å². The molecule has 25 heavy (non-hydrogen) atoms. The molecular weight excluding hydrogens is 318 g/mol. The van der Waals surface area contributed by atoms with Gasteiger partial charge in [-0.1, -0.05) is 30.3 Å². The van der Waals surface area contributed by atoms with Gasteiger partial charge in [-0.3, -0.25) is 4.79 Å². The average Bonchev–Trinajstić information content (AvgIpc) is 2.67. The molecule has 5 nitrogen and oxygen atoms in total. The smallest absolute Gasteiger partial charge is 0.167 e. The summed E-state index contributed by atoms with van der Waals surface area (Å²) >= 11 is 0. The minimum Gasteiger partial charge on any atom is -0.497 e. The number of Topliss-reactive ketones (excluding diaryl/α,β-unsaturated/α-hetero) is 1. The second-order valence-electron chi connectivity index (χ2n) is 5.84. The topological polar surface area (TPSA) is 67.8 Å².